The van der Waals surface area contributed by atoms with Gasteiger partial charge < -0.3 is 14.0 Å². The molecule has 0 aliphatic carbocycles. The number of esters is 1. The largest absolute Gasteiger partial charge is 0.462 e. The average Bonchev–Trinajstić information content (AvgIpc) is 3.05. The molecule has 0 radical (unpaired) electrons. The fraction of sp³-hybridized carbons (Fsp3) is 0.318. The molecule has 2 aromatic carbocycles. The number of carbonyl (C=O) groups excluding carboxylic acids is 2. The normalized spacial score (nSPS) is 11.7. The van der Waals surface area contributed by atoms with Crippen molar-refractivity contribution < 1.29 is 19.1 Å². The fourth-order valence-corrected chi connectivity index (χ4v) is 4.05. The van der Waals surface area contributed by atoms with E-state index >= 15 is 0 Å². The minimum atomic E-state index is -0.359. The van der Waals surface area contributed by atoms with E-state index in [0.717, 1.165) is 15.8 Å². The van der Waals surface area contributed by atoms with E-state index in [1.807, 2.05) is 47.9 Å². The zero-order valence-corrected chi connectivity index (χ0v) is 17.4. The van der Waals surface area contributed by atoms with Crippen LogP contribution in [0.25, 0.3) is 10.2 Å². The lowest BCUT2D eigenvalue weighted by molar-refractivity contribution is -0.117. The predicted octanol–water partition coefficient (Wildman–Crippen LogP) is 3.59. The van der Waals surface area contributed by atoms with Crippen LogP contribution in [0.2, 0.25) is 0 Å². The molecule has 1 aromatic heterocycles. The lowest BCUT2D eigenvalue weighted by Crippen LogP contribution is -2.20. The highest BCUT2D eigenvalue weighted by atomic mass is 32.1. The Bertz CT molecular complexity index is 1050. The topological polar surface area (TPSA) is 69.9 Å². The van der Waals surface area contributed by atoms with Gasteiger partial charge in [0.15, 0.2) is 4.80 Å². The average molecular weight is 413 g/mol. The second-order valence-electron chi connectivity index (χ2n) is 6.30. The van der Waals surface area contributed by atoms with Crippen molar-refractivity contribution in [3.05, 3.63) is 64.5 Å². The molecule has 6 nitrogen and oxygen atoms in total. The molecule has 0 aliphatic rings. The van der Waals surface area contributed by atoms with Gasteiger partial charge in [0.25, 0.3) is 5.91 Å². The Morgan fingerprint density at radius 1 is 1.07 bits per heavy atom. The summed E-state index contributed by atoms with van der Waals surface area (Å²) in [6, 6.07) is 14.9. The summed E-state index contributed by atoms with van der Waals surface area (Å²) >= 11 is 1.38. The molecule has 0 atom stereocenters. The van der Waals surface area contributed by atoms with Gasteiger partial charge in [-0.2, -0.15) is 4.99 Å². The SMILES string of the molecule is CCOCCn1c(=NC(=O)Cc2ccccc2)sc2cc(C(=O)OCC)ccc21. The van der Waals surface area contributed by atoms with E-state index < -0.39 is 0 Å². The molecular formula is C22H24N2O4S. The third-order valence-corrected chi connectivity index (χ3v) is 5.32. The molecule has 0 fully saturated rings. The maximum Gasteiger partial charge on any atom is 0.338 e. The van der Waals surface area contributed by atoms with Gasteiger partial charge in [-0.1, -0.05) is 41.7 Å². The number of nitrogens with zero attached hydrogens (tertiary/aromatic N) is 2. The monoisotopic (exact) mass is 412 g/mol. The van der Waals surface area contributed by atoms with Crippen LogP contribution in [-0.4, -0.2) is 36.3 Å². The van der Waals surface area contributed by atoms with Crippen LogP contribution in [0.3, 0.4) is 0 Å². The summed E-state index contributed by atoms with van der Waals surface area (Å²) in [5.41, 5.74) is 2.32. The summed E-state index contributed by atoms with van der Waals surface area (Å²) < 4.78 is 13.4. The molecule has 0 saturated carbocycles. The highest BCUT2D eigenvalue weighted by Gasteiger charge is 2.12. The van der Waals surface area contributed by atoms with E-state index in [9.17, 15) is 9.59 Å². The maximum absolute atomic E-state index is 12.5. The molecule has 3 rings (SSSR count). The van der Waals surface area contributed by atoms with Gasteiger partial charge in [0.05, 0.1) is 35.4 Å². The summed E-state index contributed by atoms with van der Waals surface area (Å²) in [5, 5.41) is 0. The number of hydrogen-bond donors (Lipinski definition) is 0. The summed E-state index contributed by atoms with van der Waals surface area (Å²) in [5.74, 6) is -0.569. The van der Waals surface area contributed by atoms with Crippen LogP contribution in [0.1, 0.15) is 29.8 Å². The Labute approximate surface area is 173 Å². The molecule has 0 unspecified atom stereocenters. The van der Waals surface area contributed by atoms with Gasteiger partial charge in [0.2, 0.25) is 0 Å². The third kappa shape index (κ3) is 5.40. The highest BCUT2D eigenvalue weighted by molar-refractivity contribution is 7.16. The molecule has 0 N–H and O–H groups in total. The number of hydrogen-bond acceptors (Lipinski definition) is 5. The Hall–Kier alpha value is -2.77. The van der Waals surface area contributed by atoms with Crippen LogP contribution >= 0.6 is 11.3 Å². The highest BCUT2D eigenvalue weighted by Crippen LogP contribution is 2.20. The van der Waals surface area contributed by atoms with Crippen LogP contribution in [0.5, 0.6) is 0 Å². The molecule has 0 spiro atoms. The standard InChI is InChI=1S/C22H24N2O4S/c1-3-27-13-12-24-18-11-10-17(21(26)28-4-2)15-19(18)29-22(24)23-20(25)14-16-8-6-5-7-9-16/h5-11,15H,3-4,12-14H2,1-2H3. The van der Waals surface area contributed by atoms with Crippen LogP contribution in [0.4, 0.5) is 0 Å². The van der Waals surface area contributed by atoms with Crippen molar-refractivity contribution in [1.82, 2.24) is 4.57 Å². The van der Waals surface area contributed by atoms with E-state index in [1.54, 1.807) is 19.1 Å². The maximum atomic E-state index is 12.5. The van der Waals surface area contributed by atoms with E-state index in [-0.39, 0.29) is 18.3 Å². The van der Waals surface area contributed by atoms with E-state index in [2.05, 4.69) is 4.99 Å². The molecule has 152 valence electrons. The molecule has 29 heavy (non-hydrogen) atoms. The van der Waals surface area contributed by atoms with E-state index in [1.165, 1.54) is 11.3 Å². The first kappa shape index (κ1) is 21.0. The molecule has 0 saturated heterocycles. The molecular weight excluding hydrogens is 388 g/mol. The Balaban J connectivity index is 1.97. The number of benzene rings is 2. The number of thiazole rings is 1. The van der Waals surface area contributed by atoms with Gasteiger partial charge >= 0.3 is 5.97 Å². The van der Waals surface area contributed by atoms with Gasteiger partial charge in [-0.3, -0.25) is 4.79 Å². The van der Waals surface area contributed by atoms with Crippen molar-refractivity contribution in [2.24, 2.45) is 4.99 Å². The van der Waals surface area contributed by atoms with Crippen molar-refractivity contribution in [2.75, 3.05) is 19.8 Å². The number of carbonyl (C=O) groups is 2. The predicted molar refractivity (Wildman–Crippen MR) is 113 cm³/mol. The van der Waals surface area contributed by atoms with Gasteiger partial charge in [-0.25, -0.2) is 4.79 Å². The first-order valence-electron chi connectivity index (χ1n) is 9.62. The van der Waals surface area contributed by atoms with Gasteiger partial charge in [-0.05, 0) is 37.6 Å². The first-order chi connectivity index (χ1) is 14.1. The van der Waals surface area contributed by atoms with E-state index in [4.69, 9.17) is 9.47 Å². The third-order valence-electron chi connectivity index (χ3n) is 4.28. The molecule has 7 heteroatoms. The minimum Gasteiger partial charge on any atom is -0.462 e. The number of ether oxygens (including phenoxy) is 2. The second-order valence-corrected chi connectivity index (χ2v) is 7.31. The molecule has 3 aromatic rings. The van der Waals surface area contributed by atoms with Gasteiger partial charge in [0, 0.05) is 13.2 Å². The summed E-state index contributed by atoms with van der Waals surface area (Å²) in [4.78, 5) is 29.5. The van der Waals surface area contributed by atoms with Crippen molar-refractivity contribution in [2.45, 2.75) is 26.8 Å². The number of rotatable bonds is 8. The van der Waals surface area contributed by atoms with Crippen molar-refractivity contribution in [3.63, 3.8) is 0 Å². The van der Waals surface area contributed by atoms with Gasteiger partial charge in [-0.15, -0.1) is 0 Å². The lowest BCUT2D eigenvalue weighted by Gasteiger charge is -2.06. The lowest BCUT2D eigenvalue weighted by atomic mass is 10.1. The zero-order chi connectivity index (χ0) is 20.6. The second kappa shape index (κ2) is 10.1. The van der Waals surface area contributed by atoms with Crippen LogP contribution in [0.15, 0.2) is 53.5 Å². The summed E-state index contributed by atoms with van der Waals surface area (Å²) in [7, 11) is 0. The van der Waals surface area contributed by atoms with Crippen molar-refractivity contribution in [1.29, 1.82) is 0 Å². The first-order valence-corrected chi connectivity index (χ1v) is 10.4. The molecule has 0 aliphatic heterocycles. The van der Waals surface area contributed by atoms with E-state index in [0.29, 0.717) is 36.7 Å². The van der Waals surface area contributed by atoms with Crippen LogP contribution in [-0.2, 0) is 27.2 Å². The van der Waals surface area contributed by atoms with Crippen molar-refractivity contribution >= 4 is 33.4 Å². The molecule has 1 amide bonds. The quantitative estimate of drug-likeness (QED) is 0.419. The van der Waals surface area contributed by atoms with Crippen LogP contribution < -0.4 is 4.80 Å². The fourth-order valence-electron chi connectivity index (χ4n) is 2.93. The smallest absolute Gasteiger partial charge is 0.338 e. The Morgan fingerprint density at radius 3 is 2.59 bits per heavy atom. The number of amides is 1. The Kier molecular flexibility index (Phi) is 7.32. The summed E-state index contributed by atoms with van der Waals surface area (Å²) in [6.45, 7) is 5.75. The van der Waals surface area contributed by atoms with Crippen molar-refractivity contribution in [3.8, 4) is 0 Å². The zero-order valence-electron chi connectivity index (χ0n) is 16.6. The molecule has 1 heterocycles. The van der Waals surface area contributed by atoms with Gasteiger partial charge in [0.1, 0.15) is 0 Å². The Morgan fingerprint density at radius 2 is 1.86 bits per heavy atom. The number of aromatic nitrogens is 1. The summed E-state index contributed by atoms with van der Waals surface area (Å²) in [6.07, 6.45) is 0.245. The minimum absolute atomic E-state index is 0.210. The molecule has 0 bridgehead atoms. The van der Waals surface area contributed by atoms with Crippen LogP contribution in [0, 0.1) is 0 Å². The number of fused-ring (bicyclic) bond motifs is 1.